The second-order valence-corrected chi connectivity index (χ2v) is 2.92. The molecule has 0 aromatic heterocycles. The van der Waals surface area contributed by atoms with E-state index in [0.717, 1.165) is 0 Å². The molecule has 0 radical (unpaired) electrons. The zero-order chi connectivity index (χ0) is 11.7. The first-order valence-electron chi connectivity index (χ1n) is 3.94. The Kier molecular flexibility index (Phi) is 2.78. The molecule has 82 valence electrons. The van der Waals surface area contributed by atoms with Gasteiger partial charge in [-0.15, -0.1) is 0 Å². The third-order valence-electron chi connectivity index (χ3n) is 2.04. The number of carbonyl (C=O) groups is 1. The minimum absolute atomic E-state index is 0.0325. The van der Waals surface area contributed by atoms with E-state index in [9.17, 15) is 18.7 Å². The third-order valence-corrected chi connectivity index (χ3v) is 2.04. The number of ether oxygens (including phenoxy) is 1. The van der Waals surface area contributed by atoms with Crippen LogP contribution in [-0.4, -0.2) is 16.4 Å². The number of phenols is 1. The van der Waals surface area contributed by atoms with Crippen LogP contribution in [0.1, 0.15) is 11.1 Å². The Labute approximate surface area is 83.7 Å². The highest BCUT2D eigenvalue weighted by Crippen LogP contribution is 2.36. The molecule has 2 N–H and O–H groups in total. The lowest BCUT2D eigenvalue weighted by molar-refractivity contribution is 0.140. The fourth-order valence-corrected chi connectivity index (χ4v) is 1.06. The Morgan fingerprint density at radius 1 is 1.20 bits per heavy atom. The van der Waals surface area contributed by atoms with E-state index in [0.29, 0.717) is 0 Å². The summed E-state index contributed by atoms with van der Waals surface area (Å²) >= 11 is 0. The van der Waals surface area contributed by atoms with Crippen molar-refractivity contribution in [3.05, 3.63) is 22.8 Å². The van der Waals surface area contributed by atoms with E-state index in [1.165, 1.54) is 13.8 Å². The van der Waals surface area contributed by atoms with Crippen LogP contribution < -0.4 is 4.74 Å². The van der Waals surface area contributed by atoms with Crippen LogP contribution in [0.15, 0.2) is 0 Å². The number of hydrogen-bond donors (Lipinski definition) is 2. The average Bonchev–Trinajstić information content (AvgIpc) is 2.18. The van der Waals surface area contributed by atoms with Gasteiger partial charge in [-0.3, -0.25) is 0 Å². The van der Waals surface area contributed by atoms with E-state index in [1.54, 1.807) is 0 Å². The first kappa shape index (κ1) is 11.2. The van der Waals surface area contributed by atoms with Crippen LogP contribution in [0, 0.1) is 25.5 Å². The number of benzene rings is 1. The van der Waals surface area contributed by atoms with Crippen LogP contribution in [0.4, 0.5) is 13.6 Å². The first-order chi connectivity index (χ1) is 6.86. The standard InChI is InChI=1S/C9H8F2O4/c1-3-4(2)7(12)8(15-9(13)14)6(11)5(3)10/h12H,1-2H3,(H,13,14). The number of rotatable bonds is 1. The third kappa shape index (κ3) is 1.83. The van der Waals surface area contributed by atoms with Crippen LogP contribution in [0.5, 0.6) is 11.5 Å². The quantitative estimate of drug-likeness (QED) is 0.560. The van der Waals surface area contributed by atoms with Crippen molar-refractivity contribution in [1.29, 1.82) is 0 Å². The maximum absolute atomic E-state index is 13.1. The van der Waals surface area contributed by atoms with Gasteiger partial charge in [-0.2, -0.15) is 4.39 Å². The topological polar surface area (TPSA) is 66.8 Å². The van der Waals surface area contributed by atoms with Crippen LogP contribution in [0.2, 0.25) is 0 Å². The van der Waals surface area contributed by atoms with Gasteiger partial charge in [0.1, 0.15) is 0 Å². The second-order valence-electron chi connectivity index (χ2n) is 2.92. The molecule has 0 saturated heterocycles. The van der Waals surface area contributed by atoms with Crippen molar-refractivity contribution in [2.24, 2.45) is 0 Å². The zero-order valence-corrected chi connectivity index (χ0v) is 7.97. The minimum Gasteiger partial charge on any atom is -0.504 e. The lowest BCUT2D eigenvalue weighted by Crippen LogP contribution is -2.07. The summed E-state index contributed by atoms with van der Waals surface area (Å²) < 4.78 is 30.2. The van der Waals surface area contributed by atoms with Gasteiger partial charge in [0.05, 0.1) is 0 Å². The van der Waals surface area contributed by atoms with Crippen molar-refractivity contribution < 1.29 is 28.5 Å². The lowest BCUT2D eigenvalue weighted by atomic mass is 10.1. The molecular weight excluding hydrogens is 210 g/mol. The number of halogens is 2. The summed E-state index contributed by atoms with van der Waals surface area (Å²) in [6.07, 6.45) is -1.83. The van der Waals surface area contributed by atoms with Gasteiger partial charge in [-0.05, 0) is 19.4 Å². The van der Waals surface area contributed by atoms with Gasteiger partial charge in [-0.25, -0.2) is 9.18 Å². The molecule has 0 aliphatic heterocycles. The van der Waals surface area contributed by atoms with Crippen molar-refractivity contribution >= 4 is 6.16 Å². The minimum atomic E-state index is -1.83. The molecule has 1 rings (SSSR count). The van der Waals surface area contributed by atoms with Gasteiger partial charge in [0.2, 0.25) is 11.6 Å². The summed E-state index contributed by atoms with van der Waals surface area (Å²) in [5.74, 6) is -4.48. The predicted molar refractivity (Wildman–Crippen MR) is 46.1 cm³/mol. The molecular formula is C9H8F2O4. The number of hydrogen-bond acceptors (Lipinski definition) is 3. The summed E-state index contributed by atoms with van der Waals surface area (Å²) in [5.41, 5.74) is -0.0621. The molecule has 1 aromatic carbocycles. The average molecular weight is 218 g/mol. The molecule has 0 spiro atoms. The molecule has 0 unspecified atom stereocenters. The Bertz CT molecular complexity index is 400. The van der Waals surface area contributed by atoms with Crippen molar-refractivity contribution in [2.45, 2.75) is 13.8 Å². The molecule has 0 heterocycles. The monoisotopic (exact) mass is 218 g/mol. The lowest BCUT2D eigenvalue weighted by Gasteiger charge is -2.10. The van der Waals surface area contributed by atoms with E-state index in [4.69, 9.17) is 5.11 Å². The van der Waals surface area contributed by atoms with E-state index < -0.39 is 29.3 Å². The smallest absolute Gasteiger partial charge is 0.504 e. The highest BCUT2D eigenvalue weighted by atomic mass is 19.2. The Balaban J connectivity index is 3.45. The molecule has 0 aliphatic rings. The van der Waals surface area contributed by atoms with Crippen LogP contribution in [0.3, 0.4) is 0 Å². The van der Waals surface area contributed by atoms with Crippen LogP contribution >= 0.6 is 0 Å². The van der Waals surface area contributed by atoms with Gasteiger partial charge in [-0.1, -0.05) is 0 Å². The van der Waals surface area contributed by atoms with E-state index in [-0.39, 0.29) is 11.1 Å². The van der Waals surface area contributed by atoms with Crippen LogP contribution in [0.25, 0.3) is 0 Å². The normalized spacial score (nSPS) is 10.1. The number of aromatic hydroxyl groups is 1. The summed E-state index contributed by atoms with van der Waals surface area (Å²) in [7, 11) is 0. The second kappa shape index (κ2) is 3.72. The van der Waals surface area contributed by atoms with Crippen molar-refractivity contribution in [3.8, 4) is 11.5 Å². The summed E-state index contributed by atoms with van der Waals surface area (Å²) in [4.78, 5) is 10.2. The highest BCUT2D eigenvalue weighted by molar-refractivity contribution is 5.64. The molecule has 1 aromatic rings. The fraction of sp³-hybridized carbons (Fsp3) is 0.222. The summed E-state index contributed by atoms with van der Waals surface area (Å²) in [6.45, 7) is 2.58. The van der Waals surface area contributed by atoms with E-state index in [2.05, 4.69) is 4.74 Å². The summed E-state index contributed by atoms with van der Waals surface area (Å²) in [6, 6.07) is 0. The van der Waals surface area contributed by atoms with Gasteiger partial charge < -0.3 is 14.9 Å². The molecule has 0 atom stereocenters. The highest BCUT2D eigenvalue weighted by Gasteiger charge is 2.23. The predicted octanol–water partition coefficient (Wildman–Crippen LogP) is 2.34. The van der Waals surface area contributed by atoms with Gasteiger partial charge >= 0.3 is 6.16 Å². The maximum Gasteiger partial charge on any atom is 0.511 e. The van der Waals surface area contributed by atoms with E-state index in [1.807, 2.05) is 0 Å². The van der Waals surface area contributed by atoms with Crippen molar-refractivity contribution in [1.82, 2.24) is 0 Å². The molecule has 4 nitrogen and oxygen atoms in total. The van der Waals surface area contributed by atoms with Gasteiger partial charge in [0, 0.05) is 5.56 Å². The molecule has 15 heavy (non-hydrogen) atoms. The fourth-order valence-electron chi connectivity index (χ4n) is 1.06. The molecule has 0 bridgehead atoms. The molecule has 0 fully saturated rings. The number of carboxylic acid groups (broad SMARTS) is 1. The van der Waals surface area contributed by atoms with Crippen LogP contribution in [-0.2, 0) is 0 Å². The molecule has 6 heteroatoms. The van der Waals surface area contributed by atoms with E-state index >= 15 is 0 Å². The zero-order valence-electron chi connectivity index (χ0n) is 7.97. The SMILES string of the molecule is Cc1c(C)c(F)c(F)c(OC(=O)O)c1O. The molecule has 0 amide bonds. The molecule has 0 saturated carbocycles. The largest absolute Gasteiger partial charge is 0.511 e. The first-order valence-corrected chi connectivity index (χ1v) is 3.94. The van der Waals surface area contributed by atoms with Crippen molar-refractivity contribution in [3.63, 3.8) is 0 Å². The van der Waals surface area contributed by atoms with Gasteiger partial charge in [0.15, 0.2) is 11.6 Å². The maximum atomic E-state index is 13.1. The Morgan fingerprint density at radius 2 is 1.73 bits per heavy atom. The summed E-state index contributed by atoms with van der Waals surface area (Å²) in [5, 5.41) is 17.6. The van der Waals surface area contributed by atoms with Gasteiger partial charge in [0.25, 0.3) is 0 Å². The number of phenolic OH excluding ortho intramolecular Hbond substituents is 1. The Morgan fingerprint density at radius 3 is 2.20 bits per heavy atom. The Hall–Kier alpha value is -1.85. The molecule has 0 aliphatic carbocycles. The van der Waals surface area contributed by atoms with Crippen molar-refractivity contribution in [2.75, 3.05) is 0 Å².